The maximum atomic E-state index is 8.74. The summed E-state index contributed by atoms with van der Waals surface area (Å²) in [6.07, 6.45) is 0. The maximum absolute atomic E-state index is 8.74. The normalized spacial score (nSPS) is 4.83. The molecule has 0 rings (SSSR count). The van der Waals surface area contributed by atoms with E-state index in [0.29, 0.717) is 0 Å². The SMILES string of the molecule is Cl.Cl.I.O=S(=O)(O)O.[KH].[KH].[MgH2].[MgH2]. The summed E-state index contributed by atoms with van der Waals surface area (Å²) in [5.41, 5.74) is 0. The Morgan fingerprint density at radius 2 is 0.833 bits per heavy atom. The third-order valence-electron chi connectivity index (χ3n) is 0. The predicted octanol–water partition coefficient (Wildman–Crippen LogP) is -2.32. The fourth-order valence-corrected chi connectivity index (χ4v) is 0. The van der Waals surface area contributed by atoms with Crippen molar-refractivity contribution in [1.29, 1.82) is 0 Å². The summed E-state index contributed by atoms with van der Waals surface area (Å²) >= 11 is 0. The zero-order valence-electron chi connectivity index (χ0n) is 3.34. The second-order valence-electron chi connectivity index (χ2n) is 0.448. The zero-order valence-corrected chi connectivity index (χ0v) is 8.12. The molecule has 0 aromatic rings. The number of hydrogen-bond donors (Lipinski definition) is 2. The molecule has 0 radical (unpaired) electrons. The average Bonchev–Trinajstić information content (AvgIpc) is 0.722. The molecule has 0 aromatic heterocycles. The van der Waals surface area contributed by atoms with Gasteiger partial charge in [0.15, 0.2) is 0 Å². The van der Waals surface area contributed by atoms with Crippen molar-refractivity contribution < 1.29 is 17.5 Å². The molecule has 2 N–H and O–H groups in total. The van der Waals surface area contributed by atoms with Crippen LogP contribution in [-0.2, 0) is 10.4 Å². The first-order valence-electron chi connectivity index (χ1n) is 0.698. The minimum Gasteiger partial charge on any atom is 0.316 e. The standard InChI is InChI=1S/2ClH.HI.2K.2Mg.H2O4S.6H/c;;;;;;;1-5(2,3)4;;;;;;/h3*1H;;;;;(H2,1,2,3,4);;;;;;. The van der Waals surface area contributed by atoms with Crippen LogP contribution in [0.2, 0.25) is 0 Å². The number of hydrogen-bond acceptors (Lipinski definition) is 2. The molecule has 12 heteroatoms. The van der Waals surface area contributed by atoms with E-state index in [9.17, 15) is 0 Å². The van der Waals surface area contributed by atoms with Crippen LogP contribution in [0.5, 0.6) is 0 Å². The Balaban J connectivity index is -0.00000000381. The van der Waals surface area contributed by atoms with Gasteiger partial charge in [-0.25, -0.2) is 0 Å². The molecule has 0 heterocycles. The molecular formula is H11Cl2IK2Mg2O4S. The molecule has 0 saturated heterocycles. The molecule has 0 fully saturated rings. The third kappa shape index (κ3) is 100. The van der Waals surface area contributed by atoms with Gasteiger partial charge in [-0.1, -0.05) is 0 Å². The molecule has 68 valence electrons. The maximum Gasteiger partial charge on any atom is 0.316 e. The molecule has 12 heavy (non-hydrogen) atoms. The van der Waals surface area contributed by atoms with Crippen molar-refractivity contribution in [3.63, 3.8) is 0 Å². The van der Waals surface area contributed by atoms with Gasteiger partial charge in [-0.3, -0.25) is 9.11 Å². The Bertz CT molecular complexity index is 112. The molecule has 0 aliphatic carbocycles. The smallest absolute Gasteiger partial charge is 0.316 e. The largest absolute Gasteiger partial charge is 0.316 e. The molecule has 4 nitrogen and oxygen atoms in total. The van der Waals surface area contributed by atoms with Gasteiger partial charge >= 0.3 is 159 Å². The second kappa shape index (κ2) is 30.2. The molecular weight excluding hydrogens is 421 g/mol. The zero-order chi connectivity index (χ0) is 4.50. The predicted molar refractivity (Wildman–Crippen MR) is 75.5 cm³/mol. The van der Waals surface area contributed by atoms with Crippen LogP contribution in [0.25, 0.3) is 0 Å². The fraction of sp³-hybridized carbons (Fsp3) is 0. The van der Waals surface area contributed by atoms with E-state index in [1.165, 1.54) is 0 Å². The van der Waals surface area contributed by atoms with E-state index in [-0.39, 0.29) is 198 Å². The van der Waals surface area contributed by atoms with Gasteiger partial charge in [-0.05, 0) is 0 Å². The summed E-state index contributed by atoms with van der Waals surface area (Å²) in [5, 5.41) is 0. The molecule has 0 amide bonds. The summed E-state index contributed by atoms with van der Waals surface area (Å²) < 4.78 is 31.6. The van der Waals surface area contributed by atoms with E-state index in [4.69, 9.17) is 17.5 Å². The van der Waals surface area contributed by atoms with Gasteiger partial charge < -0.3 is 0 Å². The van der Waals surface area contributed by atoms with E-state index in [1.807, 2.05) is 0 Å². The Morgan fingerprint density at radius 3 is 0.833 bits per heavy atom. The first-order chi connectivity index (χ1) is 2.00. The summed E-state index contributed by atoms with van der Waals surface area (Å²) in [6.45, 7) is 0. The van der Waals surface area contributed by atoms with Crippen molar-refractivity contribution in [2.75, 3.05) is 0 Å². The van der Waals surface area contributed by atoms with Gasteiger partial charge in [-0.2, -0.15) is 8.42 Å². The first kappa shape index (κ1) is 52.0. The molecule has 0 saturated carbocycles. The van der Waals surface area contributed by atoms with Crippen molar-refractivity contribution in [3.05, 3.63) is 0 Å². The molecule has 0 unspecified atom stereocenters. The van der Waals surface area contributed by atoms with Crippen molar-refractivity contribution in [2.24, 2.45) is 0 Å². The van der Waals surface area contributed by atoms with Crippen LogP contribution in [0.15, 0.2) is 0 Å². The summed E-state index contributed by atoms with van der Waals surface area (Å²) in [7, 11) is -4.67. The van der Waals surface area contributed by atoms with Gasteiger partial charge in [0.2, 0.25) is 0 Å². The van der Waals surface area contributed by atoms with Gasteiger partial charge in [0.25, 0.3) is 0 Å². The van der Waals surface area contributed by atoms with Crippen LogP contribution < -0.4 is 0 Å². The Morgan fingerprint density at radius 1 is 0.833 bits per heavy atom. The van der Waals surface area contributed by atoms with Crippen LogP contribution in [0.1, 0.15) is 0 Å². The van der Waals surface area contributed by atoms with E-state index in [2.05, 4.69) is 0 Å². The Hall–Kier alpha value is 5.99. The van der Waals surface area contributed by atoms with Gasteiger partial charge in [0.05, 0.1) is 0 Å². The quantitative estimate of drug-likeness (QED) is 0.257. The first-order valence-corrected chi connectivity index (χ1v) is 2.10. The van der Waals surface area contributed by atoms with Gasteiger partial charge in [0.1, 0.15) is 0 Å². The van der Waals surface area contributed by atoms with Crippen LogP contribution in [0.3, 0.4) is 0 Å². The Labute approximate surface area is 219 Å². The van der Waals surface area contributed by atoms with Crippen molar-refractivity contribution in [2.45, 2.75) is 0 Å². The van der Waals surface area contributed by atoms with Crippen molar-refractivity contribution in [3.8, 4) is 0 Å². The number of halogens is 3. The van der Waals surface area contributed by atoms with Gasteiger partial charge in [-0.15, -0.1) is 48.8 Å². The van der Waals surface area contributed by atoms with Crippen LogP contribution in [0, 0.1) is 0 Å². The van der Waals surface area contributed by atoms with Crippen LogP contribution in [-0.4, -0.2) is 166 Å². The summed E-state index contributed by atoms with van der Waals surface area (Å²) in [4.78, 5) is 0. The Kier molecular flexibility index (Phi) is 131. The van der Waals surface area contributed by atoms with Crippen LogP contribution >= 0.6 is 48.8 Å². The van der Waals surface area contributed by atoms with E-state index in [1.54, 1.807) is 0 Å². The molecule has 0 spiro atoms. The topological polar surface area (TPSA) is 74.6 Å². The number of rotatable bonds is 0. The summed E-state index contributed by atoms with van der Waals surface area (Å²) in [6, 6.07) is 0. The van der Waals surface area contributed by atoms with E-state index >= 15 is 0 Å². The molecule has 0 aromatic carbocycles. The summed E-state index contributed by atoms with van der Waals surface area (Å²) in [5.74, 6) is 0. The fourth-order valence-electron chi connectivity index (χ4n) is 0. The average molecular weight is 432 g/mol. The second-order valence-corrected chi connectivity index (χ2v) is 1.34. The van der Waals surface area contributed by atoms with E-state index in [0.717, 1.165) is 0 Å². The van der Waals surface area contributed by atoms with Gasteiger partial charge in [0, 0.05) is 0 Å². The minimum atomic E-state index is -4.67. The van der Waals surface area contributed by atoms with Crippen molar-refractivity contribution in [1.82, 2.24) is 0 Å². The molecule has 0 bridgehead atoms. The minimum absolute atomic E-state index is 0. The van der Waals surface area contributed by atoms with E-state index < -0.39 is 10.4 Å². The van der Waals surface area contributed by atoms with Crippen molar-refractivity contribution >= 4 is 208 Å². The monoisotopic (exact) mass is 430 g/mol. The molecule has 0 atom stereocenters. The van der Waals surface area contributed by atoms with Crippen LogP contribution in [0.4, 0.5) is 0 Å². The molecule has 0 aliphatic rings. The molecule has 0 aliphatic heterocycles. The third-order valence-corrected chi connectivity index (χ3v) is 0.